The first-order valence-electron chi connectivity index (χ1n) is 7.59. The maximum atomic E-state index is 12.4. The zero-order valence-corrected chi connectivity index (χ0v) is 12.7. The van der Waals surface area contributed by atoms with Crippen molar-refractivity contribution >= 4 is 5.97 Å². The lowest BCUT2D eigenvalue weighted by atomic mass is 9.95. The Hall–Kier alpha value is -2.07. The van der Waals surface area contributed by atoms with Gasteiger partial charge in [0.15, 0.2) is 0 Å². The molecule has 2 rings (SSSR count). The van der Waals surface area contributed by atoms with Gasteiger partial charge in [-0.2, -0.15) is 0 Å². The van der Waals surface area contributed by atoms with Gasteiger partial charge in [0.05, 0.1) is 6.26 Å². The average molecular weight is 301 g/mol. The van der Waals surface area contributed by atoms with E-state index in [9.17, 15) is 4.79 Å². The van der Waals surface area contributed by atoms with E-state index in [2.05, 4.69) is 18.5 Å². The van der Waals surface area contributed by atoms with Crippen molar-refractivity contribution in [1.82, 2.24) is 5.32 Å². The van der Waals surface area contributed by atoms with E-state index in [4.69, 9.17) is 9.47 Å². The number of hydrogen-bond acceptors (Lipinski definition) is 4. The van der Waals surface area contributed by atoms with Crippen LogP contribution >= 0.6 is 0 Å². The first-order chi connectivity index (χ1) is 10.8. The lowest BCUT2D eigenvalue weighted by Gasteiger charge is -2.28. The van der Waals surface area contributed by atoms with Gasteiger partial charge in [0.2, 0.25) is 0 Å². The molecule has 3 atom stereocenters. The fraction of sp³-hybridized carbons (Fsp3) is 0.389. The van der Waals surface area contributed by atoms with Crippen molar-refractivity contribution in [2.45, 2.75) is 31.6 Å². The van der Waals surface area contributed by atoms with E-state index in [-0.39, 0.29) is 24.7 Å². The Morgan fingerprint density at radius 3 is 2.73 bits per heavy atom. The van der Waals surface area contributed by atoms with Gasteiger partial charge < -0.3 is 14.8 Å². The van der Waals surface area contributed by atoms with Crippen LogP contribution < -0.4 is 5.32 Å². The van der Waals surface area contributed by atoms with Gasteiger partial charge in [-0.05, 0) is 24.9 Å². The van der Waals surface area contributed by atoms with Crippen LogP contribution in [0.5, 0.6) is 0 Å². The second kappa shape index (κ2) is 8.39. The quantitative estimate of drug-likeness (QED) is 0.456. The zero-order chi connectivity index (χ0) is 15.8. The predicted octanol–water partition coefficient (Wildman–Crippen LogP) is 2.81. The van der Waals surface area contributed by atoms with Gasteiger partial charge in [-0.15, -0.1) is 6.58 Å². The van der Waals surface area contributed by atoms with Gasteiger partial charge in [-0.1, -0.05) is 43.0 Å². The summed E-state index contributed by atoms with van der Waals surface area (Å²) in [5, 5.41) is 3.36. The molecule has 1 aliphatic heterocycles. The van der Waals surface area contributed by atoms with Crippen LogP contribution in [0, 0.1) is 5.92 Å². The van der Waals surface area contributed by atoms with Gasteiger partial charge in [0.25, 0.3) is 0 Å². The number of hydrogen-bond donors (Lipinski definition) is 1. The molecule has 1 heterocycles. The van der Waals surface area contributed by atoms with E-state index >= 15 is 0 Å². The van der Waals surface area contributed by atoms with Crippen molar-refractivity contribution in [3.8, 4) is 0 Å². The highest BCUT2D eigenvalue weighted by molar-refractivity contribution is 5.75. The molecule has 1 aromatic rings. The van der Waals surface area contributed by atoms with Crippen molar-refractivity contribution in [1.29, 1.82) is 0 Å². The highest BCUT2D eigenvalue weighted by atomic mass is 16.5. The van der Waals surface area contributed by atoms with E-state index in [0.29, 0.717) is 0 Å². The molecule has 1 saturated heterocycles. The molecule has 118 valence electrons. The predicted molar refractivity (Wildman–Crippen MR) is 86.0 cm³/mol. The molecule has 4 nitrogen and oxygen atoms in total. The Kier molecular flexibility index (Phi) is 6.22. The van der Waals surface area contributed by atoms with Gasteiger partial charge in [0, 0.05) is 6.04 Å². The van der Waals surface area contributed by atoms with E-state index in [1.165, 1.54) is 6.26 Å². The number of rotatable bonds is 8. The van der Waals surface area contributed by atoms with Gasteiger partial charge >= 0.3 is 5.97 Å². The summed E-state index contributed by atoms with van der Waals surface area (Å²) in [5.41, 5.74) is 0.957. The molecule has 1 N–H and O–H groups in total. The van der Waals surface area contributed by atoms with Gasteiger partial charge in [-0.25, -0.2) is 0 Å². The normalized spacial score (nSPS) is 19.9. The molecular weight excluding hydrogens is 278 g/mol. The van der Waals surface area contributed by atoms with E-state index in [1.807, 2.05) is 30.3 Å². The number of carbonyl (C=O) groups is 1. The minimum absolute atomic E-state index is 0.116. The maximum Gasteiger partial charge on any atom is 0.316 e. The molecule has 22 heavy (non-hydrogen) atoms. The highest BCUT2D eigenvalue weighted by Gasteiger charge is 2.36. The molecule has 0 bridgehead atoms. The Balaban J connectivity index is 1.99. The third-order valence-electron chi connectivity index (χ3n) is 3.85. The molecule has 0 amide bonds. The third-order valence-corrected chi connectivity index (χ3v) is 3.85. The van der Waals surface area contributed by atoms with Crippen molar-refractivity contribution in [2.24, 2.45) is 5.92 Å². The lowest BCUT2D eigenvalue weighted by Crippen LogP contribution is -2.43. The topological polar surface area (TPSA) is 47.6 Å². The van der Waals surface area contributed by atoms with Gasteiger partial charge in [0.1, 0.15) is 18.6 Å². The smallest absolute Gasteiger partial charge is 0.316 e. The monoisotopic (exact) mass is 301 g/mol. The van der Waals surface area contributed by atoms with Crippen molar-refractivity contribution in [3.05, 3.63) is 61.4 Å². The van der Waals surface area contributed by atoms with Crippen LogP contribution in [0.25, 0.3) is 0 Å². The zero-order valence-electron chi connectivity index (χ0n) is 12.7. The summed E-state index contributed by atoms with van der Waals surface area (Å²) in [6.07, 6.45) is 4.69. The van der Waals surface area contributed by atoms with Crippen molar-refractivity contribution in [3.63, 3.8) is 0 Å². The van der Waals surface area contributed by atoms with Crippen LogP contribution in [0.15, 0.2) is 55.8 Å². The van der Waals surface area contributed by atoms with E-state index in [1.54, 1.807) is 6.08 Å². The minimum Gasteiger partial charge on any atom is -0.496 e. The Labute approximate surface area is 131 Å². The van der Waals surface area contributed by atoms with Crippen LogP contribution in [0.3, 0.4) is 0 Å². The molecule has 0 aliphatic carbocycles. The second-order valence-electron chi connectivity index (χ2n) is 5.33. The molecule has 0 unspecified atom stereocenters. The molecule has 1 aliphatic rings. The Morgan fingerprint density at radius 2 is 2.14 bits per heavy atom. The minimum atomic E-state index is -0.516. The lowest BCUT2D eigenvalue weighted by molar-refractivity contribution is -0.152. The first-order valence-corrected chi connectivity index (χ1v) is 7.59. The molecule has 4 heteroatoms. The number of esters is 1. The summed E-state index contributed by atoms with van der Waals surface area (Å²) >= 11 is 0. The molecule has 0 spiro atoms. The number of nitrogens with one attached hydrogen (secondary N) is 1. The number of carbonyl (C=O) groups excluding carboxylic acids is 1. The fourth-order valence-corrected chi connectivity index (χ4v) is 2.72. The highest BCUT2D eigenvalue weighted by Crippen LogP contribution is 2.22. The summed E-state index contributed by atoms with van der Waals surface area (Å²) in [5.74, 6) is -0.836. The largest absolute Gasteiger partial charge is 0.496 e. The van der Waals surface area contributed by atoms with E-state index < -0.39 is 5.92 Å². The van der Waals surface area contributed by atoms with Crippen LogP contribution in [0.4, 0.5) is 0 Å². The molecule has 1 fully saturated rings. The maximum absolute atomic E-state index is 12.4. The van der Waals surface area contributed by atoms with Crippen LogP contribution in [0.1, 0.15) is 18.4 Å². The van der Waals surface area contributed by atoms with Gasteiger partial charge in [-0.3, -0.25) is 4.79 Å². The second-order valence-corrected chi connectivity index (χ2v) is 5.33. The third kappa shape index (κ3) is 4.21. The first kappa shape index (κ1) is 16.3. The molecule has 1 aromatic carbocycles. The molecule has 0 saturated carbocycles. The van der Waals surface area contributed by atoms with E-state index in [0.717, 1.165) is 24.9 Å². The number of benzene rings is 1. The van der Waals surface area contributed by atoms with Crippen LogP contribution in [-0.2, 0) is 20.9 Å². The Morgan fingerprint density at radius 1 is 1.36 bits per heavy atom. The standard InChI is InChI=1S/C18H23NO3/c1-3-15(17(21-4-2)16-11-8-12-19-16)18(20)22-13-14-9-6-5-7-10-14/h3-7,9-10,15-17,19H,1-2,8,11-13H2/t15-,16+,17-/m1/s1. The SMILES string of the molecule is C=CO[C@@H]([C@@H]1CCCN1)[C@@H](C=C)C(=O)OCc1ccccc1. The summed E-state index contributed by atoms with van der Waals surface area (Å²) in [7, 11) is 0. The summed E-state index contributed by atoms with van der Waals surface area (Å²) in [6.45, 7) is 8.56. The molecular formula is C18H23NO3. The van der Waals surface area contributed by atoms with Crippen molar-refractivity contribution in [2.75, 3.05) is 6.54 Å². The summed E-state index contributed by atoms with van der Waals surface area (Å²) in [4.78, 5) is 12.4. The Bertz CT molecular complexity index is 494. The summed E-state index contributed by atoms with van der Waals surface area (Å²) < 4.78 is 11.0. The summed E-state index contributed by atoms with van der Waals surface area (Å²) in [6, 6.07) is 9.72. The molecule has 0 aromatic heterocycles. The van der Waals surface area contributed by atoms with Crippen LogP contribution in [-0.4, -0.2) is 24.7 Å². The van der Waals surface area contributed by atoms with Crippen molar-refractivity contribution < 1.29 is 14.3 Å². The average Bonchev–Trinajstić information content (AvgIpc) is 3.08. The fourth-order valence-electron chi connectivity index (χ4n) is 2.72. The van der Waals surface area contributed by atoms with Crippen LogP contribution in [0.2, 0.25) is 0 Å². The number of ether oxygens (including phenoxy) is 2. The molecule has 0 radical (unpaired) electrons.